The average Bonchev–Trinajstić information content (AvgIpc) is 3.00. The van der Waals surface area contributed by atoms with Crippen LogP contribution in [0.2, 0.25) is 0 Å². The molecule has 0 bridgehead atoms. The van der Waals surface area contributed by atoms with E-state index in [1.54, 1.807) is 4.90 Å². The monoisotopic (exact) mass is 419 g/mol. The first-order valence-electron chi connectivity index (χ1n) is 10.9. The van der Waals surface area contributed by atoms with Crippen molar-refractivity contribution in [3.8, 4) is 0 Å². The highest BCUT2D eigenvalue weighted by atomic mass is 16.2. The highest BCUT2D eigenvalue weighted by Crippen LogP contribution is 2.36. The minimum Gasteiger partial charge on any atom is -0.323 e. The minimum atomic E-state index is -0.835. The molecular formula is C25H29N3O3. The molecule has 1 saturated heterocycles. The van der Waals surface area contributed by atoms with Crippen molar-refractivity contribution in [1.29, 1.82) is 0 Å². The predicted molar refractivity (Wildman–Crippen MR) is 119 cm³/mol. The minimum absolute atomic E-state index is 0.261. The van der Waals surface area contributed by atoms with Crippen molar-refractivity contribution < 1.29 is 14.4 Å². The summed E-state index contributed by atoms with van der Waals surface area (Å²) in [5, 5.41) is 2.90. The van der Waals surface area contributed by atoms with Crippen LogP contribution in [0.5, 0.6) is 0 Å². The fourth-order valence-electron chi connectivity index (χ4n) is 4.45. The van der Waals surface area contributed by atoms with Crippen molar-refractivity contribution in [3.05, 3.63) is 65.7 Å². The molecule has 0 unspecified atom stereocenters. The molecule has 0 radical (unpaired) electrons. The van der Waals surface area contributed by atoms with Crippen molar-refractivity contribution in [2.75, 3.05) is 11.4 Å². The van der Waals surface area contributed by atoms with Gasteiger partial charge in [0.15, 0.2) is 0 Å². The number of nitrogens with one attached hydrogen (secondary N) is 1. The van der Waals surface area contributed by atoms with Gasteiger partial charge in [-0.25, -0.2) is 4.79 Å². The molecule has 2 aliphatic rings. The molecule has 2 aromatic carbocycles. The highest BCUT2D eigenvalue weighted by molar-refractivity contribution is 6.10. The van der Waals surface area contributed by atoms with Crippen LogP contribution in [0.4, 0.5) is 10.5 Å². The summed E-state index contributed by atoms with van der Waals surface area (Å²) in [4.78, 5) is 41.9. The van der Waals surface area contributed by atoms with Crippen LogP contribution in [0.3, 0.4) is 0 Å². The molecule has 2 fully saturated rings. The van der Waals surface area contributed by atoms with Gasteiger partial charge in [0.05, 0.1) is 6.54 Å². The fraction of sp³-hybridized carbons (Fsp3) is 0.400. The Morgan fingerprint density at radius 1 is 1.06 bits per heavy atom. The van der Waals surface area contributed by atoms with Gasteiger partial charge in [0, 0.05) is 5.69 Å². The van der Waals surface area contributed by atoms with Crippen LogP contribution in [-0.2, 0) is 16.1 Å². The second kappa shape index (κ2) is 8.53. The smallest absolute Gasteiger partial charge is 0.323 e. The van der Waals surface area contributed by atoms with Gasteiger partial charge >= 0.3 is 6.03 Å². The van der Waals surface area contributed by atoms with E-state index >= 15 is 0 Å². The number of rotatable bonds is 5. The number of carbonyl (C=O) groups is 3. The number of benzene rings is 2. The number of imide groups is 1. The third-order valence-corrected chi connectivity index (χ3v) is 6.50. The Labute approximate surface area is 183 Å². The maximum atomic E-state index is 13.4. The Kier molecular flexibility index (Phi) is 5.81. The van der Waals surface area contributed by atoms with Gasteiger partial charge in [0.2, 0.25) is 5.91 Å². The number of nitrogens with zero attached hydrogens (tertiary/aromatic N) is 2. The zero-order valence-corrected chi connectivity index (χ0v) is 18.1. The van der Waals surface area contributed by atoms with Gasteiger partial charge < -0.3 is 10.2 Å². The topological polar surface area (TPSA) is 69.7 Å². The number of carbonyl (C=O) groups excluding carboxylic acids is 3. The number of hydrogen-bond acceptors (Lipinski definition) is 3. The van der Waals surface area contributed by atoms with Crippen LogP contribution >= 0.6 is 0 Å². The second-order valence-corrected chi connectivity index (χ2v) is 8.89. The van der Waals surface area contributed by atoms with Crippen molar-refractivity contribution in [2.45, 2.75) is 51.6 Å². The molecule has 4 amide bonds. The van der Waals surface area contributed by atoms with Gasteiger partial charge in [-0.05, 0) is 56.2 Å². The Balaban J connectivity index is 1.55. The third-order valence-electron chi connectivity index (χ3n) is 6.50. The molecule has 1 saturated carbocycles. The van der Waals surface area contributed by atoms with E-state index in [4.69, 9.17) is 0 Å². The SMILES string of the molecule is Cc1ccc(N(Cc2ccccc2)C(=O)CN2C(=O)NC3(CCC(C)CC3)C2=O)cc1. The molecule has 31 heavy (non-hydrogen) atoms. The lowest BCUT2D eigenvalue weighted by Gasteiger charge is -2.33. The van der Waals surface area contributed by atoms with Crippen LogP contribution in [-0.4, -0.2) is 34.8 Å². The normalized spacial score (nSPS) is 23.2. The molecule has 6 heteroatoms. The van der Waals surface area contributed by atoms with E-state index in [9.17, 15) is 14.4 Å². The number of anilines is 1. The molecule has 162 valence electrons. The standard InChI is InChI=1S/C25H29N3O3/c1-18-8-10-21(11-9-18)27(16-20-6-4-3-5-7-20)22(29)17-28-23(30)25(26-24(28)31)14-12-19(2)13-15-25/h3-11,19H,12-17H2,1-2H3,(H,26,31). The fourth-order valence-corrected chi connectivity index (χ4v) is 4.45. The quantitative estimate of drug-likeness (QED) is 0.744. The molecule has 2 aromatic rings. The number of urea groups is 1. The zero-order chi connectivity index (χ0) is 22.0. The summed E-state index contributed by atoms with van der Waals surface area (Å²) in [6.07, 6.45) is 3.07. The Hall–Kier alpha value is -3.15. The van der Waals surface area contributed by atoms with Gasteiger partial charge in [-0.3, -0.25) is 14.5 Å². The number of aryl methyl sites for hydroxylation is 1. The lowest BCUT2D eigenvalue weighted by atomic mass is 9.77. The van der Waals surface area contributed by atoms with E-state index in [1.807, 2.05) is 61.5 Å². The lowest BCUT2D eigenvalue weighted by Crippen LogP contribution is -2.50. The van der Waals surface area contributed by atoms with Gasteiger partial charge in [-0.1, -0.05) is 55.0 Å². The van der Waals surface area contributed by atoms with E-state index in [2.05, 4.69) is 12.2 Å². The molecular weight excluding hydrogens is 390 g/mol. The summed E-state index contributed by atoms with van der Waals surface area (Å²) in [7, 11) is 0. The molecule has 1 spiro atoms. The maximum Gasteiger partial charge on any atom is 0.325 e. The summed E-state index contributed by atoms with van der Waals surface area (Å²) in [5.41, 5.74) is 1.98. The Morgan fingerprint density at radius 3 is 2.35 bits per heavy atom. The summed E-state index contributed by atoms with van der Waals surface area (Å²) < 4.78 is 0. The molecule has 1 heterocycles. The molecule has 0 aromatic heterocycles. The second-order valence-electron chi connectivity index (χ2n) is 8.89. The molecule has 4 rings (SSSR count). The van der Waals surface area contributed by atoms with Gasteiger partial charge in [-0.2, -0.15) is 0 Å². The zero-order valence-electron chi connectivity index (χ0n) is 18.1. The third kappa shape index (κ3) is 4.33. The van der Waals surface area contributed by atoms with Crippen molar-refractivity contribution >= 4 is 23.5 Å². The summed E-state index contributed by atoms with van der Waals surface area (Å²) >= 11 is 0. The van der Waals surface area contributed by atoms with Gasteiger partial charge in [0.25, 0.3) is 5.91 Å². The van der Waals surface area contributed by atoms with Crippen LogP contribution in [0.1, 0.15) is 43.7 Å². The van der Waals surface area contributed by atoms with Gasteiger partial charge in [0.1, 0.15) is 12.1 Å². The number of amides is 4. The van der Waals surface area contributed by atoms with Crippen LogP contribution in [0, 0.1) is 12.8 Å². The van der Waals surface area contributed by atoms with Crippen molar-refractivity contribution in [3.63, 3.8) is 0 Å². The Bertz CT molecular complexity index is 963. The average molecular weight is 420 g/mol. The first-order chi connectivity index (χ1) is 14.9. The lowest BCUT2D eigenvalue weighted by molar-refractivity contribution is -0.135. The van der Waals surface area contributed by atoms with Crippen molar-refractivity contribution in [2.24, 2.45) is 5.92 Å². The number of hydrogen-bond donors (Lipinski definition) is 1. The summed E-state index contributed by atoms with van der Waals surface area (Å²) in [6.45, 7) is 4.26. The summed E-state index contributed by atoms with van der Waals surface area (Å²) in [6, 6.07) is 16.9. The first-order valence-corrected chi connectivity index (χ1v) is 10.9. The van der Waals surface area contributed by atoms with Gasteiger partial charge in [-0.15, -0.1) is 0 Å². The predicted octanol–water partition coefficient (Wildman–Crippen LogP) is 4.03. The maximum absolute atomic E-state index is 13.4. The highest BCUT2D eigenvalue weighted by Gasteiger charge is 2.52. The van der Waals surface area contributed by atoms with Crippen LogP contribution < -0.4 is 10.2 Å². The largest absolute Gasteiger partial charge is 0.325 e. The first kappa shape index (κ1) is 21.1. The van der Waals surface area contributed by atoms with E-state index in [0.717, 1.165) is 34.6 Å². The van der Waals surface area contributed by atoms with Crippen molar-refractivity contribution in [1.82, 2.24) is 10.2 Å². The van der Waals surface area contributed by atoms with Crippen LogP contribution in [0.15, 0.2) is 54.6 Å². The molecule has 1 aliphatic carbocycles. The molecule has 1 aliphatic heterocycles. The summed E-state index contributed by atoms with van der Waals surface area (Å²) in [5.74, 6) is 0.00709. The molecule has 1 N–H and O–H groups in total. The van der Waals surface area contributed by atoms with E-state index < -0.39 is 11.6 Å². The van der Waals surface area contributed by atoms with E-state index in [0.29, 0.717) is 25.3 Å². The van der Waals surface area contributed by atoms with E-state index in [1.165, 1.54) is 0 Å². The Morgan fingerprint density at radius 2 is 1.71 bits per heavy atom. The van der Waals surface area contributed by atoms with Crippen LogP contribution in [0.25, 0.3) is 0 Å². The van der Waals surface area contributed by atoms with E-state index in [-0.39, 0.29) is 18.4 Å². The molecule has 0 atom stereocenters. The molecule has 6 nitrogen and oxygen atoms in total.